The molecule has 2 heterocycles. The Balaban J connectivity index is 1.75. The van der Waals surface area contributed by atoms with E-state index in [1.54, 1.807) is 12.1 Å². The van der Waals surface area contributed by atoms with Crippen LogP contribution in [0.15, 0.2) is 22.7 Å². The van der Waals surface area contributed by atoms with E-state index >= 15 is 0 Å². The third-order valence-electron chi connectivity index (χ3n) is 3.54. The molecule has 1 aliphatic rings. The Kier molecular flexibility index (Phi) is 3.69. The quantitative estimate of drug-likeness (QED) is 0.932. The van der Waals surface area contributed by atoms with Crippen LogP contribution in [0.4, 0.5) is 0 Å². The van der Waals surface area contributed by atoms with Gasteiger partial charge in [-0.1, -0.05) is 11.2 Å². The second kappa shape index (κ2) is 5.63. The number of phenols is 1. The van der Waals surface area contributed by atoms with Crippen LogP contribution in [-0.4, -0.2) is 28.0 Å². The minimum absolute atomic E-state index is 0.161. The SMILES string of the molecule is Cc1ccc(-c2nc(CC3CCCCO3)no2)c(O)c1. The van der Waals surface area contributed by atoms with Crippen LogP contribution in [0.25, 0.3) is 11.5 Å². The molecule has 106 valence electrons. The number of hydrogen-bond donors (Lipinski definition) is 1. The summed E-state index contributed by atoms with van der Waals surface area (Å²) in [6.45, 7) is 2.73. The molecule has 1 N–H and O–H groups in total. The van der Waals surface area contributed by atoms with Gasteiger partial charge in [0.15, 0.2) is 5.82 Å². The number of aryl methyl sites for hydroxylation is 1. The van der Waals surface area contributed by atoms with Gasteiger partial charge in [0.25, 0.3) is 5.89 Å². The van der Waals surface area contributed by atoms with Crippen molar-refractivity contribution in [3.8, 4) is 17.2 Å². The molecular formula is C15H18N2O3. The second-order valence-corrected chi connectivity index (χ2v) is 5.23. The van der Waals surface area contributed by atoms with Gasteiger partial charge < -0.3 is 14.4 Å². The largest absolute Gasteiger partial charge is 0.507 e. The molecule has 1 aromatic carbocycles. The third-order valence-corrected chi connectivity index (χ3v) is 3.54. The molecule has 0 spiro atoms. The van der Waals surface area contributed by atoms with Crippen LogP contribution < -0.4 is 0 Å². The molecule has 1 unspecified atom stereocenters. The van der Waals surface area contributed by atoms with Crippen molar-refractivity contribution in [2.24, 2.45) is 0 Å². The van der Waals surface area contributed by atoms with Crippen molar-refractivity contribution in [1.82, 2.24) is 10.1 Å². The minimum atomic E-state index is 0.161. The van der Waals surface area contributed by atoms with Crippen molar-refractivity contribution in [2.75, 3.05) is 6.61 Å². The summed E-state index contributed by atoms with van der Waals surface area (Å²) >= 11 is 0. The summed E-state index contributed by atoms with van der Waals surface area (Å²) in [5.41, 5.74) is 1.56. The zero-order chi connectivity index (χ0) is 13.9. The Morgan fingerprint density at radius 1 is 1.35 bits per heavy atom. The number of hydrogen-bond acceptors (Lipinski definition) is 5. The van der Waals surface area contributed by atoms with E-state index in [1.807, 2.05) is 13.0 Å². The van der Waals surface area contributed by atoms with E-state index in [0.29, 0.717) is 23.7 Å². The molecule has 0 bridgehead atoms. The molecule has 5 heteroatoms. The molecule has 0 saturated carbocycles. The minimum Gasteiger partial charge on any atom is -0.507 e. The molecule has 1 saturated heterocycles. The average molecular weight is 274 g/mol. The Morgan fingerprint density at radius 2 is 2.25 bits per heavy atom. The highest BCUT2D eigenvalue weighted by molar-refractivity contribution is 5.62. The average Bonchev–Trinajstić information content (AvgIpc) is 2.88. The topological polar surface area (TPSA) is 68.4 Å². The molecular weight excluding hydrogens is 256 g/mol. The van der Waals surface area contributed by atoms with E-state index < -0.39 is 0 Å². The van der Waals surface area contributed by atoms with Crippen LogP contribution in [0.5, 0.6) is 5.75 Å². The van der Waals surface area contributed by atoms with Crippen LogP contribution in [-0.2, 0) is 11.2 Å². The summed E-state index contributed by atoms with van der Waals surface area (Å²) in [6, 6.07) is 5.38. The zero-order valence-corrected chi connectivity index (χ0v) is 11.5. The normalized spacial score (nSPS) is 19.1. The van der Waals surface area contributed by atoms with Crippen molar-refractivity contribution in [3.63, 3.8) is 0 Å². The Labute approximate surface area is 117 Å². The third kappa shape index (κ3) is 2.82. The standard InChI is InChI=1S/C15H18N2O3/c1-10-5-6-12(13(18)8-10)15-16-14(17-20-15)9-11-4-2-3-7-19-11/h5-6,8,11,18H,2-4,7,9H2,1H3. The molecule has 0 aliphatic carbocycles. The van der Waals surface area contributed by atoms with Crippen molar-refractivity contribution >= 4 is 0 Å². The number of rotatable bonds is 3. The summed E-state index contributed by atoms with van der Waals surface area (Å²) < 4.78 is 10.9. The first-order valence-electron chi connectivity index (χ1n) is 6.96. The number of ether oxygens (including phenoxy) is 1. The molecule has 1 aromatic heterocycles. The van der Waals surface area contributed by atoms with Gasteiger partial charge >= 0.3 is 0 Å². The Hall–Kier alpha value is -1.88. The maximum absolute atomic E-state index is 9.92. The van der Waals surface area contributed by atoms with Crippen molar-refractivity contribution in [3.05, 3.63) is 29.6 Å². The highest BCUT2D eigenvalue weighted by atomic mass is 16.5. The van der Waals surface area contributed by atoms with Crippen LogP contribution in [0.1, 0.15) is 30.7 Å². The Morgan fingerprint density at radius 3 is 3.00 bits per heavy atom. The molecule has 0 radical (unpaired) electrons. The van der Waals surface area contributed by atoms with Crippen LogP contribution in [0.2, 0.25) is 0 Å². The molecule has 1 atom stereocenters. The Bertz CT molecular complexity index is 589. The van der Waals surface area contributed by atoms with E-state index in [-0.39, 0.29) is 11.9 Å². The fraction of sp³-hybridized carbons (Fsp3) is 0.467. The van der Waals surface area contributed by atoms with Gasteiger partial charge in [-0.25, -0.2) is 0 Å². The first-order chi connectivity index (χ1) is 9.72. The molecule has 20 heavy (non-hydrogen) atoms. The van der Waals surface area contributed by atoms with Gasteiger partial charge in [-0.2, -0.15) is 4.98 Å². The van der Waals surface area contributed by atoms with Gasteiger partial charge in [-0.3, -0.25) is 0 Å². The summed E-state index contributed by atoms with van der Waals surface area (Å²) in [4.78, 5) is 4.35. The molecule has 1 aliphatic heterocycles. The van der Waals surface area contributed by atoms with Crippen molar-refractivity contribution in [2.45, 2.75) is 38.7 Å². The van der Waals surface area contributed by atoms with E-state index in [0.717, 1.165) is 25.0 Å². The lowest BCUT2D eigenvalue weighted by Gasteiger charge is -2.20. The monoisotopic (exact) mass is 274 g/mol. The van der Waals surface area contributed by atoms with E-state index in [2.05, 4.69) is 10.1 Å². The van der Waals surface area contributed by atoms with E-state index in [1.165, 1.54) is 6.42 Å². The van der Waals surface area contributed by atoms with Crippen LogP contribution in [0.3, 0.4) is 0 Å². The molecule has 5 nitrogen and oxygen atoms in total. The van der Waals surface area contributed by atoms with Gasteiger partial charge in [0, 0.05) is 13.0 Å². The van der Waals surface area contributed by atoms with Gasteiger partial charge in [0.05, 0.1) is 11.7 Å². The first-order valence-corrected chi connectivity index (χ1v) is 6.96. The van der Waals surface area contributed by atoms with E-state index in [9.17, 15) is 5.11 Å². The highest BCUT2D eigenvalue weighted by Crippen LogP contribution is 2.28. The molecule has 2 aromatic rings. The van der Waals surface area contributed by atoms with Gasteiger partial charge in [0.2, 0.25) is 0 Å². The summed E-state index contributed by atoms with van der Waals surface area (Å²) in [7, 11) is 0. The van der Waals surface area contributed by atoms with Crippen LogP contribution in [0, 0.1) is 6.92 Å². The summed E-state index contributed by atoms with van der Waals surface area (Å²) in [5, 5.41) is 13.9. The second-order valence-electron chi connectivity index (χ2n) is 5.23. The van der Waals surface area contributed by atoms with Crippen molar-refractivity contribution in [1.29, 1.82) is 0 Å². The smallest absolute Gasteiger partial charge is 0.261 e. The number of aromatic nitrogens is 2. The number of aromatic hydroxyl groups is 1. The number of nitrogens with zero attached hydrogens (tertiary/aromatic N) is 2. The van der Waals surface area contributed by atoms with E-state index in [4.69, 9.17) is 9.26 Å². The number of benzene rings is 1. The summed E-state index contributed by atoms with van der Waals surface area (Å²) in [6.07, 6.45) is 4.20. The maximum atomic E-state index is 9.92. The van der Waals surface area contributed by atoms with Gasteiger partial charge in [-0.15, -0.1) is 0 Å². The lowest BCUT2D eigenvalue weighted by atomic mass is 10.1. The molecule has 0 amide bonds. The lowest BCUT2D eigenvalue weighted by molar-refractivity contribution is 0.0153. The predicted octanol–water partition coefficient (Wildman–Crippen LogP) is 2.86. The highest BCUT2D eigenvalue weighted by Gasteiger charge is 2.19. The fourth-order valence-corrected chi connectivity index (χ4v) is 2.44. The first kappa shape index (κ1) is 13.1. The predicted molar refractivity (Wildman–Crippen MR) is 73.4 cm³/mol. The van der Waals surface area contributed by atoms with Crippen LogP contribution >= 0.6 is 0 Å². The molecule has 1 fully saturated rings. The lowest BCUT2D eigenvalue weighted by Crippen LogP contribution is -2.21. The van der Waals surface area contributed by atoms with Gasteiger partial charge in [0.1, 0.15) is 5.75 Å². The molecule has 3 rings (SSSR count). The zero-order valence-electron chi connectivity index (χ0n) is 11.5. The fourth-order valence-electron chi connectivity index (χ4n) is 2.44. The number of phenolic OH excluding ortho intramolecular Hbond substituents is 1. The van der Waals surface area contributed by atoms with Crippen molar-refractivity contribution < 1.29 is 14.4 Å². The van der Waals surface area contributed by atoms with Gasteiger partial charge in [-0.05, 0) is 43.9 Å². The summed E-state index contributed by atoms with van der Waals surface area (Å²) in [5.74, 6) is 1.15. The maximum Gasteiger partial charge on any atom is 0.261 e.